The van der Waals surface area contributed by atoms with Crippen LogP contribution in [-0.2, 0) is 4.79 Å². The third kappa shape index (κ3) is 1.50. The Hall–Kier alpha value is -1.05. The molecule has 1 amide bonds. The molecule has 11 heavy (non-hydrogen) atoms. The second kappa shape index (κ2) is 2.91. The van der Waals surface area contributed by atoms with Crippen LogP contribution in [0.15, 0.2) is 23.9 Å². The molecule has 0 aliphatic carbocycles. The fourth-order valence-corrected chi connectivity index (χ4v) is 1.15. The number of rotatable bonds is 1. The Morgan fingerprint density at radius 3 is 2.82 bits per heavy atom. The summed E-state index contributed by atoms with van der Waals surface area (Å²) in [6.07, 6.45) is 2.52. The zero-order valence-electron chi connectivity index (χ0n) is 6.98. The highest BCUT2D eigenvalue weighted by Gasteiger charge is 2.20. The average Bonchev–Trinajstić information content (AvgIpc) is 1.97. The molecule has 0 saturated heterocycles. The second-order valence-electron chi connectivity index (χ2n) is 2.94. The molecule has 1 heterocycles. The van der Waals surface area contributed by atoms with Crippen LogP contribution in [-0.4, -0.2) is 5.91 Å². The Kier molecular flexibility index (Phi) is 2.13. The van der Waals surface area contributed by atoms with Crippen LogP contribution in [0.2, 0.25) is 0 Å². The van der Waals surface area contributed by atoms with Gasteiger partial charge in [0.15, 0.2) is 0 Å². The third-order valence-electron chi connectivity index (χ3n) is 2.10. The predicted molar refractivity (Wildman–Crippen MR) is 44.8 cm³/mol. The summed E-state index contributed by atoms with van der Waals surface area (Å²) in [5.74, 6) is 0.0433. The first-order valence-corrected chi connectivity index (χ1v) is 3.75. The third-order valence-corrected chi connectivity index (χ3v) is 2.10. The van der Waals surface area contributed by atoms with Crippen molar-refractivity contribution in [1.82, 2.24) is 5.32 Å². The molecular formula is C9H13NO. The first-order chi connectivity index (χ1) is 5.15. The van der Waals surface area contributed by atoms with Crippen LogP contribution in [0, 0.1) is 5.92 Å². The quantitative estimate of drug-likeness (QED) is 0.567. The van der Waals surface area contributed by atoms with E-state index in [0.717, 1.165) is 12.1 Å². The SMILES string of the molecule is C=C[C@H]1CC(C)=C(C)NC1=O. The van der Waals surface area contributed by atoms with Crippen molar-refractivity contribution in [2.24, 2.45) is 5.92 Å². The first kappa shape index (κ1) is 8.05. The van der Waals surface area contributed by atoms with E-state index in [1.807, 2.05) is 13.8 Å². The zero-order chi connectivity index (χ0) is 8.43. The molecule has 60 valence electrons. The fourth-order valence-electron chi connectivity index (χ4n) is 1.15. The van der Waals surface area contributed by atoms with Crippen molar-refractivity contribution in [3.8, 4) is 0 Å². The molecule has 0 bridgehead atoms. The number of allylic oxidation sites excluding steroid dienone is 2. The van der Waals surface area contributed by atoms with Gasteiger partial charge < -0.3 is 5.32 Å². The summed E-state index contributed by atoms with van der Waals surface area (Å²) >= 11 is 0. The molecule has 0 aromatic heterocycles. The topological polar surface area (TPSA) is 29.1 Å². The molecule has 0 aromatic rings. The summed E-state index contributed by atoms with van der Waals surface area (Å²) < 4.78 is 0. The molecule has 1 aliphatic heterocycles. The minimum absolute atomic E-state index is 0.0290. The first-order valence-electron chi connectivity index (χ1n) is 3.75. The number of hydrogen-bond donors (Lipinski definition) is 1. The van der Waals surface area contributed by atoms with Gasteiger partial charge in [-0.05, 0) is 20.3 Å². The van der Waals surface area contributed by atoms with Gasteiger partial charge >= 0.3 is 0 Å². The number of carbonyl (C=O) groups excluding carboxylic acids is 1. The fraction of sp³-hybridized carbons (Fsp3) is 0.444. The maximum Gasteiger partial charge on any atom is 0.231 e. The highest BCUT2D eigenvalue weighted by Crippen LogP contribution is 2.19. The molecule has 1 atom stereocenters. The van der Waals surface area contributed by atoms with Crippen molar-refractivity contribution >= 4 is 5.91 Å². The number of nitrogens with one attached hydrogen (secondary N) is 1. The Labute approximate surface area is 67.0 Å². The summed E-state index contributed by atoms with van der Waals surface area (Å²) in [6, 6.07) is 0. The summed E-state index contributed by atoms with van der Waals surface area (Å²) in [6.45, 7) is 7.57. The monoisotopic (exact) mass is 151 g/mol. The van der Waals surface area contributed by atoms with Gasteiger partial charge in [-0.1, -0.05) is 11.6 Å². The number of hydrogen-bond acceptors (Lipinski definition) is 1. The maximum atomic E-state index is 11.2. The van der Waals surface area contributed by atoms with Gasteiger partial charge in [-0.15, -0.1) is 6.58 Å². The highest BCUT2D eigenvalue weighted by molar-refractivity contribution is 5.83. The lowest BCUT2D eigenvalue weighted by Crippen LogP contribution is -2.33. The van der Waals surface area contributed by atoms with Crippen molar-refractivity contribution in [3.63, 3.8) is 0 Å². The van der Waals surface area contributed by atoms with E-state index in [9.17, 15) is 4.79 Å². The molecule has 0 spiro atoms. The van der Waals surface area contributed by atoms with Crippen LogP contribution >= 0.6 is 0 Å². The van der Waals surface area contributed by atoms with Crippen molar-refractivity contribution < 1.29 is 4.79 Å². The van der Waals surface area contributed by atoms with E-state index in [-0.39, 0.29) is 11.8 Å². The van der Waals surface area contributed by atoms with Crippen LogP contribution < -0.4 is 5.32 Å². The van der Waals surface area contributed by atoms with E-state index < -0.39 is 0 Å². The average molecular weight is 151 g/mol. The molecule has 0 aromatic carbocycles. The van der Waals surface area contributed by atoms with Gasteiger partial charge in [0.05, 0.1) is 5.92 Å². The molecule has 2 nitrogen and oxygen atoms in total. The standard InChI is InChI=1S/C9H13NO/c1-4-8-5-6(2)7(3)10-9(8)11/h4,8H,1,5H2,2-3H3,(H,10,11)/t8-/m0/s1. The van der Waals surface area contributed by atoms with Crippen LogP contribution in [0.5, 0.6) is 0 Å². The van der Waals surface area contributed by atoms with Crippen LogP contribution in [0.1, 0.15) is 20.3 Å². The maximum absolute atomic E-state index is 11.2. The van der Waals surface area contributed by atoms with E-state index in [1.165, 1.54) is 5.57 Å². The Morgan fingerprint density at radius 2 is 2.27 bits per heavy atom. The minimum Gasteiger partial charge on any atom is -0.330 e. The van der Waals surface area contributed by atoms with Gasteiger partial charge in [-0.25, -0.2) is 0 Å². The van der Waals surface area contributed by atoms with Gasteiger partial charge in [0.25, 0.3) is 0 Å². The number of amides is 1. The molecule has 0 saturated carbocycles. The molecule has 1 aliphatic rings. The summed E-state index contributed by atoms with van der Waals surface area (Å²) in [4.78, 5) is 11.2. The van der Waals surface area contributed by atoms with Crippen LogP contribution in [0.4, 0.5) is 0 Å². The molecule has 2 heteroatoms. The lowest BCUT2D eigenvalue weighted by Gasteiger charge is -2.21. The molecule has 1 rings (SSSR count). The van der Waals surface area contributed by atoms with Crippen molar-refractivity contribution in [1.29, 1.82) is 0 Å². The predicted octanol–water partition coefficient (Wildman–Crippen LogP) is 1.60. The molecule has 0 radical (unpaired) electrons. The Morgan fingerprint density at radius 1 is 1.64 bits per heavy atom. The van der Waals surface area contributed by atoms with Crippen LogP contribution in [0.3, 0.4) is 0 Å². The summed E-state index contributed by atoms with van der Waals surface area (Å²) in [5.41, 5.74) is 2.24. The largest absolute Gasteiger partial charge is 0.330 e. The van der Waals surface area contributed by atoms with Gasteiger partial charge in [0, 0.05) is 5.70 Å². The lowest BCUT2D eigenvalue weighted by atomic mass is 9.95. The van der Waals surface area contributed by atoms with E-state index in [4.69, 9.17) is 0 Å². The second-order valence-corrected chi connectivity index (χ2v) is 2.94. The molecule has 1 N–H and O–H groups in total. The normalized spacial score (nSPS) is 24.9. The summed E-state index contributed by atoms with van der Waals surface area (Å²) in [7, 11) is 0. The molecular weight excluding hydrogens is 138 g/mol. The van der Waals surface area contributed by atoms with Gasteiger partial charge in [-0.2, -0.15) is 0 Å². The van der Waals surface area contributed by atoms with E-state index in [1.54, 1.807) is 6.08 Å². The van der Waals surface area contributed by atoms with Crippen LogP contribution in [0.25, 0.3) is 0 Å². The zero-order valence-corrected chi connectivity index (χ0v) is 6.98. The Balaban J connectivity index is 2.82. The van der Waals surface area contributed by atoms with E-state index >= 15 is 0 Å². The van der Waals surface area contributed by atoms with E-state index in [2.05, 4.69) is 11.9 Å². The van der Waals surface area contributed by atoms with Crippen molar-refractivity contribution in [2.75, 3.05) is 0 Å². The lowest BCUT2D eigenvalue weighted by molar-refractivity contribution is -0.123. The molecule has 0 unspecified atom stereocenters. The van der Waals surface area contributed by atoms with Gasteiger partial charge in [0.2, 0.25) is 5.91 Å². The number of carbonyl (C=O) groups is 1. The summed E-state index contributed by atoms with van der Waals surface area (Å²) in [5, 5.41) is 2.80. The van der Waals surface area contributed by atoms with Crippen molar-refractivity contribution in [2.45, 2.75) is 20.3 Å². The van der Waals surface area contributed by atoms with Crippen molar-refractivity contribution in [3.05, 3.63) is 23.9 Å². The smallest absolute Gasteiger partial charge is 0.231 e. The highest BCUT2D eigenvalue weighted by atomic mass is 16.1. The Bertz CT molecular complexity index is 228. The van der Waals surface area contributed by atoms with Gasteiger partial charge in [-0.3, -0.25) is 4.79 Å². The molecule has 0 fully saturated rings. The minimum atomic E-state index is -0.0290. The van der Waals surface area contributed by atoms with Gasteiger partial charge in [0.1, 0.15) is 0 Å². The van der Waals surface area contributed by atoms with E-state index in [0.29, 0.717) is 0 Å².